The Morgan fingerprint density at radius 2 is 1.91 bits per heavy atom. The first-order valence-corrected chi connectivity index (χ1v) is 14.6. The minimum absolute atomic E-state index is 0.00450. The quantitative estimate of drug-likeness (QED) is 0.158. The molecule has 0 amide bonds. The molecule has 43 heavy (non-hydrogen) atoms. The number of ether oxygens (including phenoxy) is 3. The molecule has 0 bridgehead atoms. The van der Waals surface area contributed by atoms with Crippen molar-refractivity contribution in [1.82, 2.24) is 19.5 Å². The van der Waals surface area contributed by atoms with Gasteiger partial charge in [0, 0.05) is 35.5 Å². The van der Waals surface area contributed by atoms with Gasteiger partial charge in [-0.05, 0) is 63.8 Å². The number of carbonyl (C=O) groups excluding carboxylic acids is 1. The number of nitrogens with zero attached hydrogens (tertiary/aromatic N) is 4. The Morgan fingerprint density at radius 3 is 2.63 bits per heavy atom. The highest BCUT2D eigenvalue weighted by Gasteiger charge is 2.23. The molecule has 4 N–H and O–H groups in total. The number of methoxy groups -OCH3 is 1. The zero-order valence-electron chi connectivity index (χ0n) is 24.5. The highest BCUT2D eigenvalue weighted by Crippen LogP contribution is 2.29. The molecule has 3 heterocycles. The lowest BCUT2D eigenvalue weighted by atomic mass is 10.1. The van der Waals surface area contributed by atoms with Gasteiger partial charge in [0.05, 0.1) is 36.9 Å². The minimum atomic E-state index is -0.702. The molecule has 1 unspecified atom stereocenters. The average molecular weight is 603 g/mol. The molecule has 1 aromatic carbocycles. The maximum atomic E-state index is 12.2. The Bertz CT molecular complexity index is 1690. The lowest BCUT2D eigenvalue weighted by Crippen LogP contribution is -2.35. The van der Waals surface area contributed by atoms with E-state index in [1.807, 2.05) is 48.9 Å². The minimum Gasteiger partial charge on any atom is -0.496 e. The van der Waals surface area contributed by atoms with Crippen LogP contribution in [0.2, 0.25) is 5.15 Å². The largest absolute Gasteiger partial charge is 0.496 e. The zero-order chi connectivity index (χ0) is 30.5. The number of fused-ring (bicyclic) bond motifs is 1. The van der Waals surface area contributed by atoms with Gasteiger partial charge in [-0.3, -0.25) is 9.78 Å². The Morgan fingerprint density at radius 1 is 1.16 bits per heavy atom. The van der Waals surface area contributed by atoms with Crippen molar-refractivity contribution in [3.8, 4) is 23.3 Å². The van der Waals surface area contributed by atoms with E-state index in [4.69, 9.17) is 37.3 Å². The molecule has 11 heteroatoms. The van der Waals surface area contributed by atoms with Crippen LogP contribution in [-0.4, -0.2) is 51.4 Å². The predicted octanol–water partition coefficient (Wildman–Crippen LogP) is 4.72. The summed E-state index contributed by atoms with van der Waals surface area (Å²) < 4.78 is 18.8. The number of hydrogen-bond donors (Lipinski definition) is 2. The standard InChI is InChI=1S/C32H35ClN6O4/c1-19-16-36-26(20(2)28(19)41-3)18-39-17-22(27-29(33)37-32(35)38-30(27)39)11-8-21-9-12-23(13-10-21)42-15-14-25(34)31(40)43-24-6-4-5-7-24/h9-10,12-13,16-17,24-25H,4-7,14-15,18,34H2,1-3H3,(H2,35,37,38). The monoisotopic (exact) mass is 602 g/mol. The maximum Gasteiger partial charge on any atom is 0.323 e. The summed E-state index contributed by atoms with van der Waals surface area (Å²) in [5.74, 6) is 7.55. The van der Waals surface area contributed by atoms with Crippen molar-refractivity contribution in [2.24, 2.45) is 5.73 Å². The third kappa shape index (κ3) is 7.01. The number of aromatic nitrogens is 4. The molecule has 1 saturated carbocycles. The first kappa shape index (κ1) is 30.1. The van der Waals surface area contributed by atoms with Gasteiger partial charge in [-0.2, -0.15) is 4.98 Å². The van der Waals surface area contributed by atoms with E-state index in [1.165, 1.54) is 0 Å². The van der Waals surface area contributed by atoms with Gasteiger partial charge in [-0.15, -0.1) is 0 Å². The summed E-state index contributed by atoms with van der Waals surface area (Å²) in [6.07, 6.45) is 8.07. The number of anilines is 1. The number of aryl methyl sites for hydroxylation is 1. The summed E-state index contributed by atoms with van der Waals surface area (Å²) in [5.41, 5.74) is 16.7. The van der Waals surface area contributed by atoms with Crippen LogP contribution in [0.4, 0.5) is 5.95 Å². The van der Waals surface area contributed by atoms with Crippen LogP contribution < -0.4 is 20.9 Å². The van der Waals surface area contributed by atoms with E-state index in [0.717, 1.165) is 53.8 Å². The molecule has 0 aliphatic heterocycles. The Balaban J connectivity index is 1.28. The van der Waals surface area contributed by atoms with Gasteiger partial charge in [0.25, 0.3) is 0 Å². The summed E-state index contributed by atoms with van der Waals surface area (Å²) in [6, 6.07) is 6.67. The van der Waals surface area contributed by atoms with Crippen molar-refractivity contribution in [3.63, 3.8) is 0 Å². The molecule has 0 radical (unpaired) electrons. The molecular weight excluding hydrogens is 568 g/mol. The summed E-state index contributed by atoms with van der Waals surface area (Å²) in [5, 5.41) is 0.841. The summed E-state index contributed by atoms with van der Waals surface area (Å²) in [4.78, 5) is 25.4. The van der Waals surface area contributed by atoms with E-state index >= 15 is 0 Å². The third-order valence-electron chi connectivity index (χ3n) is 7.54. The molecule has 1 atom stereocenters. The molecule has 3 aromatic heterocycles. The number of nitrogens with two attached hydrogens (primary N) is 2. The van der Waals surface area contributed by atoms with Crippen molar-refractivity contribution in [3.05, 3.63) is 69.8 Å². The second-order valence-corrected chi connectivity index (χ2v) is 11.0. The van der Waals surface area contributed by atoms with E-state index in [9.17, 15) is 4.79 Å². The second-order valence-electron chi connectivity index (χ2n) is 10.6. The fourth-order valence-electron chi connectivity index (χ4n) is 5.22. The third-order valence-corrected chi connectivity index (χ3v) is 7.81. The van der Waals surface area contributed by atoms with Gasteiger partial charge in [-0.25, -0.2) is 4.98 Å². The van der Waals surface area contributed by atoms with Crippen LogP contribution in [0.25, 0.3) is 11.0 Å². The van der Waals surface area contributed by atoms with Crippen LogP contribution in [-0.2, 0) is 16.1 Å². The lowest BCUT2D eigenvalue weighted by Gasteiger charge is -2.16. The smallest absolute Gasteiger partial charge is 0.323 e. The molecule has 1 aliphatic rings. The Kier molecular flexibility index (Phi) is 9.34. The van der Waals surface area contributed by atoms with Gasteiger partial charge in [0.2, 0.25) is 5.95 Å². The fraction of sp³-hybridized carbons (Fsp3) is 0.375. The normalized spacial score (nSPS) is 13.9. The second kappa shape index (κ2) is 13.3. The van der Waals surface area contributed by atoms with Crippen molar-refractivity contribution in [2.45, 2.75) is 64.6 Å². The Hall–Kier alpha value is -4.33. The molecule has 0 spiro atoms. The van der Waals surface area contributed by atoms with Crippen molar-refractivity contribution >= 4 is 34.6 Å². The summed E-state index contributed by atoms with van der Waals surface area (Å²) >= 11 is 6.52. The number of halogens is 1. The summed E-state index contributed by atoms with van der Waals surface area (Å²) in [7, 11) is 1.65. The lowest BCUT2D eigenvalue weighted by molar-refractivity contribution is -0.150. The van der Waals surface area contributed by atoms with Crippen LogP contribution in [0, 0.1) is 25.7 Å². The van der Waals surface area contributed by atoms with E-state index < -0.39 is 6.04 Å². The van der Waals surface area contributed by atoms with E-state index in [-0.39, 0.29) is 23.2 Å². The molecule has 1 aliphatic carbocycles. The molecule has 0 saturated heterocycles. The number of benzene rings is 1. The zero-order valence-corrected chi connectivity index (χ0v) is 25.3. The van der Waals surface area contributed by atoms with Gasteiger partial charge in [-0.1, -0.05) is 23.4 Å². The molecule has 4 aromatic rings. The van der Waals surface area contributed by atoms with Crippen LogP contribution in [0.15, 0.2) is 36.7 Å². The highest BCUT2D eigenvalue weighted by atomic mass is 35.5. The van der Waals surface area contributed by atoms with Crippen molar-refractivity contribution in [1.29, 1.82) is 0 Å². The summed E-state index contributed by atoms with van der Waals surface area (Å²) in [6.45, 7) is 4.65. The van der Waals surface area contributed by atoms with Crippen molar-refractivity contribution in [2.75, 3.05) is 19.5 Å². The predicted molar refractivity (Wildman–Crippen MR) is 165 cm³/mol. The van der Waals surface area contributed by atoms with Gasteiger partial charge in [0.15, 0.2) is 0 Å². The first-order chi connectivity index (χ1) is 20.7. The molecule has 224 valence electrons. The SMILES string of the molecule is COc1c(C)cnc(Cn2cc(C#Cc3ccc(OCCC(N)C(=O)OC4CCCC4)cc3)c3c(Cl)nc(N)nc32)c1C. The van der Waals surface area contributed by atoms with E-state index in [1.54, 1.807) is 13.3 Å². The molecular formula is C32H35ClN6O4. The number of esters is 1. The van der Waals surface area contributed by atoms with Crippen LogP contribution in [0.1, 0.15) is 60.1 Å². The van der Waals surface area contributed by atoms with E-state index in [2.05, 4.69) is 26.8 Å². The van der Waals surface area contributed by atoms with Gasteiger partial charge < -0.3 is 30.2 Å². The maximum absolute atomic E-state index is 12.2. The fourth-order valence-corrected chi connectivity index (χ4v) is 5.49. The Labute approximate surface area is 255 Å². The van der Waals surface area contributed by atoms with Crippen LogP contribution >= 0.6 is 11.6 Å². The molecule has 10 nitrogen and oxygen atoms in total. The van der Waals surface area contributed by atoms with Crippen molar-refractivity contribution < 1.29 is 19.0 Å². The number of hydrogen-bond acceptors (Lipinski definition) is 9. The number of carbonyl (C=O) groups is 1. The molecule has 5 rings (SSSR count). The number of rotatable bonds is 9. The average Bonchev–Trinajstić information content (AvgIpc) is 3.62. The number of nitrogen functional groups attached to an aromatic ring is 1. The molecule has 1 fully saturated rings. The highest BCUT2D eigenvalue weighted by molar-refractivity contribution is 6.34. The van der Waals surface area contributed by atoms with Gasteiger partial charge >= 0.3 is 5.97 Å². The van der Waals surface area contributed by atoms with Gasteiger partial charge in [0.1, 0.15) is 34.4 Å². The van der Waals surface area contributed by atoms with E-state index in [0.29, 0.717) is 41.9 Å². The first-order valence-electron chi connectivity index (χ1n) is 14.3. The number of pyridine rings is 1. The topological polar surface area (TPSA) is 140 Å². The van der Waals surface area contributed by atoms with Crippen LogP contribution in [0.3, 0.4) is 0 Å². The van der Waals surface area contributed by atoms with Crippen LogP contribution in [0.5, 0.6) is 11.5 Å².